The predicted molar refractivity (Wildman–Crippen MR) is 131 cm³/mol. The number of hydrogen-bond donors (Lipinski definition) is 0. The molecule has 2 aromatic rings. The van der Waals surface area contributed by atoms with Crippen molar-refractivity contribution < 1.29 is 35.9 Å². The number of hydrogen-bond acceptors (Lipinski definition) is 9. The van der Waals surface area contributed by atoms with Gasteiger partial charge in [-0.25, -0.2) is 16.8 Å². The maximum atomic E-state index is 13.4. The molecule has 0 saturated carbocycles. The van der Waals surface area contributed by atoms with Gasteiger partial charge in [0.2, 0.25) is 0 Å². The summed E-state index contributed by atoms with van der Waals surface area (Å²) in [4.78, 5) is 26.0. The second-order valence-electron chi connectivity index (χ2n) is 7.61. The molecule has 0 spiro atoms. The summed E-state index contributed by atoms with van der Waals surface area (Å²) in [5.74, 6) is -3.07. The third-order valence-electron chi connectivity index (χ3n) is 4.62. The van der Waals surface area contributed by atoms with Crippen molar-refractivity contribution in [1.82, 2.24) is 0 Å². The molecule has 2 aromatic carbocycles. The van der Waals surface area contributed by atoms with Crippen LogP contribution in [0.5, 0.6) is 0 Å². The number of sulfone groups is 2. The number of azide groups is 1. The Hall–Kier alpha value is -3.67. The molecule has 0 amide bonds. The number of rotatable bonds is 12. The monoisotopic (exact) mass is 535 g/mol. The van der Waals surface area contributed by atoms with E-state index in [-0.39, 0.29) is 0 Å². The molecule has 13 heteroatoms. The minimum atomic E-state index is -4.53. The van der Waals surface area contributed by atoms with Crippen LogP contribution < -0.4 is 0 Å². The van der Waals surface area contributed by atoms with E-state index >= 15 is 0 Å². The van der Waals surface area contributed by atoms with Crippen molar-refractivity contribution in [2.24, 2.45) is 5.11 Å². The molecule has 1 unspecified atom stereocenters. The van der Waals surface area contributed by atoms with E-state index < -0.39 is 66.1 Å². The Bertz CT molecular complexity index is 1280. The van der Waals surface area contributed by atoms with Crippen molar-refractivity contribution in [3.8, 4) is 0 Å². The van der Waals surface area contributed by atoms with Gasteiger partial charge in [-0.2, -0.15) is 0 Å². The molecule has 36 heavy (non-hydrogen) atoms. The van der Waals surface area contributed by atoms with Crippen LogP contribution in [0.4, 0.5) is 0 Å². The summed E-state index contributed by atoms with van der Waals surface area (Å²) in [5.41, 5.74) is 9.34. The quantitative estimate of drug-likeness (QED) is 0.173. The number of carbonyl (C=O) groups is 2. The van der Waals surface area contributed by atoms with Crippen LogP contribution in [0.15, 0.2) is 76.1 Å². The fourth-order valence-electron chi connectivity index (χ4n) is 3.21. The summed E-state index contributed by atoms with van der Waals surface area (Å²) in [6, 6.07) is 15.8. The highest BCUT2D eigenvalue weighted by molar-refractivity contribution is 8.13. The standard InChI is InChI=1S/C23H25N3O8S2/c1-17(27)33-21(22(14-25-26-24)34-18(2)28)13-23(35(29,30)15-19-9-5-3-6-10-19)36(31,32)16-20-11-7-4-8-12-20/h3-13,21-22H,14-16H2,1-2H3/t21?,22-/m1/s1. The first kappa shape index (κ1) is 28.6. The van der Waals surface area contributed by atoms with Gasteiger partial charge in [0, 0.05) is 18.8 Å². The van der Waals surface area contributed by atoms with Gasteiger partial charge in [0.1, 0.15) is 6.10 Å². The summed E-state index contributed by atoms with van der Waals surface area (Å²) in [6.07, 6.45) is -2.43. The summed E-state index contributed by atoms with van der Waals surface area (Å²) in [7, 11) is -9.06. The van der Waals surface area contributed by atoms with Gasteiger partial charge in [-0.05, 0) is 22.7 Å². The lowest BCUT2D eigenvalue weighted by Crippen LogP contribution is -2.36. The molecule has 0 bridgehead atoms. The van der Waals surface area contributed by atoms with Crippen LogP contribution in [0.3, 0.4) is 0 Å². The molecular weight excluding hydrogens is 510 g/mol. The van der Waals surface area contributed by atoms with E-state index in [2.05, 4.69) is 10.0 Å². The lowest BCUT2D eigenvalue weighted by molar-refractivity contribution is -0.160. The van der Waals surface area contributed by atoms with Gasteiger partial charge >= 0.3 is 11.9 Å². The van der Waals surface area contributed by atoms with Crippen molar-refractivity contribution in [2.75, 3.05) is 6.54 Å². The van der Waals surface area contributed by atoms with E-state index in [1.54, 1.807) is 36.4 Å². The molecule has 0 heterocycles. The zero-order valence-electron chi connectivity index (χ0n) is 19.6. The van der Waals surface area contributed by atoms with Gasteiger partial charge in [0.25, 0.3) is 0 Å². The minimum absolute atomic E-state index is 0.327. The zero-order valence-corrected chi connectivity index (χ0v) is 21.2. The Morgan fingerprint density at radius 2 is 1.31 bits per heavy atom. The van der Waals surface area contributed by atoms with Gasteiger partial charge in [-0.1, -0.05) is 65.8 Å². The highest BCUT2D eigenvalue weighted by Gasteiger charge is 2.35. The Labute approximate surface area is 209 Å². The van der Waals surface area contributed by atoms with Crippen molar-refractivity contribution in [3.63, 3.8) is 0 Å². The highest BCUT2D eigenvalue weighted by Crippen LogP contribution is 2.26. The largest absolute Gasteiger partial charge is 0.458 e. The summed E-state index contributed by atoms with van der Waals surface area (Å²) in [5, 5.41) is 3.30. The molecule has 0 N–H and O–H groups in total. The zero-order chi connectivity index (χ0) is 26.8. The lowest BCUT2D eigenvalue weighted by atomic mass is 10.2. The molecule has 0 aliphatic rings. The topological polar surface area (TPSA) is 170 Å². The van der Waals surface area contributed by atoms with Crippen LogP contribution >= 0.6 is 0 Å². The first-order valence-corrected chi connectivity index (χ1v) is 13.9. The van der Waals surface area contributed by atoms with Crippen molar-refractivity contribution >= 4 is 31.6 Å². The third kappa shape index (κ3) is 8.84. The van der Waals surface area contributed by atoms with Crippen LogP contribution in [0.25, 0.3) is 10.4 Å². The fourth-order valence-corrected chi connectivity index (χ4v) is 7.34. The van der Waals surface area contributed by atoms with Gasteiger partial charge in [0.05, 0.1) is 18.1 Å². The average molecular weight is 536 g/mol. The average Bonchev–Trinajstić information content (AvgIpc) is 2.79. The molecule has 0 aromatic heterocycles. The van der Waals surface area contributed by atoms with Crippen LogP contribution in [0.1, 0.15) is 25.0 Å². The third-order valence-corrected chi connectivity index (χ3v) is 9.07. The van der Waals surface area contributed by atoms with Crippen LogP contribution in [-0.4, -0.2) is 47.5 Å². The normalized spacial score (nSPS) is 12.9. The number of ether oxygens (including phenoxy) is 2. The molecule has 0 aliphatic carbocycles. The van der Waals surface area contributed by atoms with E-state index in [9.17, 15) is 26.4 Å². The first-order valence-electron chi connectivity index (χ1n) is 10.5. The lowest BCUT2D eigenvalue weighted by Gasteiger charge is -2.24. The Morgan fingerprint density at radius 1 is 0.861 bits per heavy atom. The molecule has 0 radical (unpaired) electrons. The summed E-state index contributed by atoms with van der Waals surface area (Å²) in [6.45, 7) is 1.50. The Kier molecular flexibility index (Phi) is 10.2. The molecule has 11 nitrogen and oxygen atoms in total. The van der Waals surface area contributed by atoms with Gasteiger partial charge in [0.15, 0.2) is 30.0 Å². The van der Waals surface area contributed by atoms with Crippen LogP contribution in [-0.2, 0) is 50.2 Å². The molecular formula is C23H25N3O8S2. The Balaban J connectivity index is 2.69. The van der Waals surface area contributed by atoms with Gasteiger partial charge in [-0.3, -0.25) is 9.59 Å². The maximum absolute atomic E-state index is 13.4. The smallest absolute Gasteiger partial charge is 0.303 e. The van der Waals surface area contributed by atoms with Crippen molar-refractivity contribution in [3.05, 3.63) is 92.5 Å². The van der Waals surface area contributed by atoms with Crippen molar-refractivity contribution in [2.45, 2.75) is 37.6 Å². The molecule has 2 rings (SSSR count). The summed E-state index contributed by atoms with van der Waals surface area (Å²) >= 11 is 0. The minimum Gasteiger partial charge on any atom is -0.458 e. The van der Waals surface area contributed by atoms with E-state index in [0.717, 1.165) is 19.9 Å². The fraction of sp³-hybridized carbons (Fsp3) is 0.304. The highest BCUT2D eigenvalue weighted by atomic mass is 32.3. The number of esters is 2. The molecule has 0 saturated heterocycles. The number of benzene rings is 2. The van der Waals surface area contributed by atoms with E-state index in [1.807, 2.05) is 0 Å². The van der Waals surface area contributed by atoms with Crippen molar-refractivity contribution in [1.29, 1.82) is 0 Å². The van der Waals surface area contributed by atoms with Crippen LogP contribution in [0.2, 0.25) is 0 Å². The molecule has 2 atom stereocenters. The van der Waals surface area contributed by atoms with Crippen LogP contribution in [0, 0.1) is 0 Å². The number of carbonyl (C=O) groups excluding carboxylic acids is 2. The second kappa shape index (κ2) is 12.9. The predicted octanol–water partition coefficient (Wildman–Crippen LogP) is 3.23. The first-order chi connectivity index (χ1) is 16.9. The van der Waals surface area contributed by atoms with Gasteiger partial charge in [-0.15, -0.1) is 0 Å². The SMILES string of the molecule is CC(=O)OC(C=C(S(=O)(=O)Cc1ccccc1)S(=O)(=O)Cc1ccccc1)[C@@H](CN=[N+]=[N-])OC(C)=O. The van der Waals surface area contributed by atoms with Gasteiger partial charge < -0.3 is 9.47 Å². The maximum Gasteiger partial charge on any atom is 0.303 e. The van der Waals surface area contributed by atoms with E-state index in [4.69, 9.17) is 15.0 Å². The number of nitrogens with zero attached hydrogens (tertiary/aromatic N) is 3. The second-order valence-corrected chi connectivity index (χ2v) is 11.8. The molecule has 0 fully saturated rings. The summed E-state index contributed by atoms with van der Waals surface area (Å²) < 4.78 is 62.9. The van der Waals surface area contributed by atoms with E-state index in [0.29, 0.717) is 11.1 Å². The Morgan fingerprint density at radius 3 is 1.69 bits per heavy atom. The van der Waals surface area contributed by atoms with E-state index in [1.165, 1.54) is 24.3 Å². The molecule has 192 valence electrons. The molecule has 0 aliphatic heterocycles.